The van der Waals surface area contributed by atoms with Gasteiger partial charge >= 0.3 is 0 Å². The first-order valence-corrected chi connectivity index (χ1v) is 4.89. The van der Waals surface area contributed by atoms with Crippen LogP contribution in [0.2, 0.25) is 0 Å². The van der Waals surface area contributed by atoms with Crippen molar-refractivity contribution in [1.29, 1.82) is 0 Å². The molecule has 0 saturated carbocycles. The van der Waals surface area contributed by atoms with E-state index in [2.05, 4.69) is 20.3 Å². The van der Waals surface area contributed by atoms with Crippen molar-refractivity contribution in [2.45, 2.75) is 0 Å². The first-order valence-electron chi connectivity index (χ1n) is 4.89. The van der Waals surface area contributed by atoms with Crippen LogP contribution in [0.5, 0.6) is 0 Å². The maximum absolute atomic E-state index is 9.86. The van der Waals surface area contributed by atoms with E-state index in [4.69, 9.17) is 17.2 Å². The number of carbonyl (C=O) groups excluding carboxylic acids is 1. The summed E-state index contributed by atoms with van der Waals surface area (Å²) in [4.78, 5) is 20.3. The quantitative estimate of drug-likeness (QED) is 0.540. The van der Waals surface area contributed by atoms with E-state index in [0.29, 0.717) is 6.41 Å². The Morgan fingerprint density at radius 2 is 1.33 bits per heavy atom. The van der Waals surface area contributed by atoms with Gasteiger partial charge < -0.3 is 22.5 Å². The molecule has 0 spiro atoms. The lowest BCUT2D eigenvalue weighted by Crippen LogP contribution is -2.05. The van der Waals surface area contributed by atoms with Crippen molar-refractivity contribution >= 4 is 29.9 Å². The second kappa shape index (κ2) is 6.63. The zero-order valence-electron chi connectivity index (χ0n) is 9.45. The van der Waals surface area contributed by atoms with Crippen molar-refractivity contribution in [3.05, 3.63) is 30.3 Å². The summed E-state index contributed by atoms with van der Waals surface area (Å²) < 4.78 is 0. The standard InChI is InChI=1S/C7H7NO.C3H6N6/c9-6-8-7-4-2-1-3-5-7;4-1-7-2(5)9-3(6)8-1/h1-6H,(H,8,9);(H6,4,5,6,7,8,9). The fourth-order valence-corrected chi connectivity index (χ4v) is 1.03. The molecule has 7 N–H and O–H groups in total. The number of carbonyl (C=O) groups is 1. The van der Waals surface area contributed by atoms with E-state index < -0.39 is 0 Å². The minimum absolute atomic E-state index is 0.0417. The molecular weight excluding hydrogens is 234 g/mol. The lowest BCUT2D eigenvalue weighted by Gasteiger charge is -1.93. The van der Waals surface area contributed by atoms with E-state index in [1.54, 1.807) is 0 Å². The van der Waals surface area contributed by atoms with E-state index in [-0.39, 0.29) is 17.8 Å². The number of aromatic nitrogens is 3. The third-order valence-corrected chi connectivity index (χ3v) is 1.69. The third-order valence-electron chi connectivity index (χ3n) is 1.69. The van der Waals surface area contributed by atoms with Crippen LogP contribution in [0.3, 0.4) is 0 Å². The maximum atomic E-state index is 9.86. The van der Waals surface area contributed by atoms with Crippen LogP contribution >= 0.6 is 0 Å². The van der Waals surface area contributed by atoms with Crippen molar-refractivity contribution in [2.24, 2.45) is 0 Å². The van der Waals surface area contributed by atoms with Gasteiger partial charge in [-0.1, -0.05) is 18.2 Å². The number of anilines is 4. The summed E-state index contributed by atoms with van der Waals surface area (Å²) in [5.41, 5.74) is 16.2. The normalized spacial score (nSPS) is 8.89. The van der Waals surface area contributed by atoms with Crippen molar-refractivity contribution < 1.29 is 4.79 Å². The van der Waals surface area contributed by atoms with Crippen molar-refractivity contribution in [1.82, 2.24) is 15.0 Å². The minimum Gasteiger partial charge on any atom is -0.368 e. The molecule has 1 heterocycles. The van der Waals surface area contributed by atoms with Crippen molar-refractivity contribution in [3.63, 3.8) is 0 Å². The number of rotatable bonds is 2. The van der Waals surface area contributed by atoms with Gasteiger partial charge in [-0.3, -0.25) is 4.79 Å². The molecule has 0 saturated heterocycles. The highest BCUT2D eigenvalue weighted by Crippen LogP contribution is 2.01. The van der Waals surface area contributed by atoms with Crippen LogP contribution < -0.4 is 22.5 Å². The lowest BCUT2D eigenvalue weighted by atomic mass is 10.3. The number of nitrogens with two attached hydrogens (primary N) is 3. The molecule has 1 amide bonds. The molecule has 8 heteroatoms. The Bertz CT molecular complexity index is 452. The lowest BCUT2D eigenvalue weighted by molar-refractivity contribution is -0.105. The molecule has 0 bridgehead atoms. The van der Waals surface area contributed by atoms with Crippen LogP contribution in [0.1, 0.15) is 0 Å². The molecule has 0 fully saturated rings. The molecule has 0 aliphatic rings. The summed E-state index contributed by atoms with van der Waals surface area (Å²) in [6.45, 7) is 0. The number of nitrogens with one attached hydrogen (secondary N) is 1. The molecule has 1 aromatic carbocycles. The Labute approximate surface area is 103 Å². The highest BCUT2D eigenvalue weighted by Gasteiger charge is 1.93. The predicted octanol–water partition coefficient (Wildman–Crippen LogP) is -0.127. The Hall–Kier alpha value is -2.90. The number of hydrogen-bond donors (Lipinski definition) is 4. The number of benzene rings is 1. The largest absolute Gasteiger partial charge is 0.368 e. The molecule has 0 aliphatic heterocycles. The fourth-order valence-electron chi connectivity index (χ4n) is 1.03. The monoisotopic (exact) mass is 247 g/mol. The molecule has 2 aromatic rings. The Kier molecular flexibility index (Phi) is 4.85. The van der Waals surface area contributed by atoms with Crippen LogP contribution in [0.4, 0.5) is 23.5 Å². The first-order chi connectivity index (χ1) is 8.61. The van der Waals surface area contributed by atoms with Crippen LogP contribution in [0.15, 0.2) is 30.3 Å². The smallest absolute Gasteiger partial charge is 0.226 e. The SMILES string of the molecule is Nc1nc(N)nc(N)n1.O=CNc1ccccc1. The van der Waals surface area contributed by atoms with Crippen molar-refractivity contribution in [2.75, 3.05) is 22.5 Å². The van der Waals surface area contributed by atoms with Crippen LogP contribution in [0.25, 0.3) is 0 Å². The van der Waals surface area contributed by atoms with E-state index in [0.717, 1.165) is 5.69 Å². The van der Waals surface area contributed by atoms with Gasteiger partial charge in [0.15, 0.2) is 0 Å². The van der Waals surface area contributed by atoms with Gasteiger partial charge in [0.25, 0.3) is 0 Å². The van der Waals surface area contributed by atoms with Gasteiger partial charge in [-0.05, 0) is 12.1 Å². The molecular formula is C10H13N7O. The van der Waals surface area contributed by atoms with Gasteiger partial charge in [0, 0.05) is 5.69 Å². The first kappa shape index (κ1) is 13.2. The molecule has 0 aliphatic carbocycles. The highest BCUT2D eigenvalue weighted by molar-refractivity contribution is 5.70. The molecule has 0 radical (unpaired) electrons. The Morgan fingerprint density at radius 1 is 0.889 bits per heavy atom. The van der Waals surface area contributed by atoms with E-state index in [9.17, 15) is 4.79 Å². The van der Waals surface area contributed by atoms with Crippen LogP contribution in [-0.4, -0.2) is 21.4 Å². The summed E-state index contributed by atoms with van der Waals surface area (Å²) in [5.74, 6) is 0.125. The molecule has 8 nitrogen and oxygen atoms in total. The second-order valence-corrected chi connectivity index (χ2v) is 3.04. The van der Waals surface area contributed by atoms with Crippen LogP contribution in [-0.2, 0) is 4.79 Å². The molecule has 0 unspecified atom stereocenters. The van der Waals surface area contributed by atoms with Crippen LogP contribution in [0, 0.1) is 0 Å². The summed E-state index contributed by atoms with van der Waals surface area (Å²) in [7, 11) is 0. The average molecular weight is 247 g/mol. The molecule has 0 atom stereocenters. The molecule has 94 valence electrons. The van der Waals surface area contributed by atoms with Gasteiger partial charge in [-0.25, -0.2) is 0 Å². The summed E-state index contributed by atoms with van der Waals surface area (Å²) in [5, 5.41) is 2.53. The van der Waals surface area contributed by atoms with Gasteiger partial charge in [-0.2, -0.15) is 15.0 Å². The number of para-hydroxylation sites is 1. The minimum atomic E-state index is 0.0417. The highest BCUT2D eigenvalue weighted by atomic mass is 16.1. The Balaban J connectivity index is 0.000000180. The van der Waals surface area contributed by atoms with E-state index >= 15 is 0 Å². The van der Waals surface area contributed by atoms with Gasteiger partial charge in [-0.15, -0.1) is 0 Å². The number of amides is 1. The van der Waals surface area contributed by atoms with Gasteiger partial charge in [0.1, 0.15) is 0 Å². The third kappa shape index (κ3) is 4.75. The summed E-state index contributed by atoms with van der Waals surface area (Å²) in [6, 6.07) is 9.29. The second-order valence-electron chi connectivity index (χ2n) is 3.04. The average Bonchev–Trinajstić information content (AvgIpc) is 2.29. The number of hydrogen-bond acceptors (Lipinski definition) is 7. The molecule has 2 rings (SSSR count). The van der Waals surface area contributed by atoms with Gasteiger partial charge in [0.2, 0.25) is 24.3 Å². The number of nitrogen functional groups attached to an aromatic ring is 3. The summed E-state index contributed by atoms with van der Waals surface area (Å²) in [6.07, 6.45) is 0.662. The van der Waals surface area contributed by atoms with E-state index in [1.807, 2.05) is 30.3 Å². The topological polar surface area (TPSA) is 146 Å². The number of nitrogens with zero attached hydrogens (tertiary/aromatic N) is 3. The summed E-state index contributed by atoms with van der Waals surface area (Å²) >= 11 is 0. The van der Waals surface area contributed by atoms with E-state index in [1.165, 1.54) is 0 Å². The predicted molar refractivity (Wildman–Crippen MR) is 69.2 cm³/mol. The zero-order chi connectivity index (χ0) is 13.4. The molecule has 18 heavy (non-hydrogen) atoms. The Morgan fingerprint density at radius 3 is 1.72 bits per heavy atom. The zero-order valence-corrected chi connectivity index (χ0v) is 9.45. The maximum Gasteiger partial charge on any atom is 0.226 e. The van der Waals surface area contributed by atoms with Gasteiger partial charge in [0.05, 0.1) is 0 Å². The van der Waals surface area contributed by atoms with Crippen molar-refractivity contribution in [3.8, 4) is 0 Å². The fraction of sp³-hybridized carbons (Fsp3) is 0. The molecule has 1 aromatic heterocycles.